The van der Waals surface area contributed by atoms with E-state index in [1.165, 1.54) is 5.56 Å². The number of fused-ring (bicyclic) bond motifs is 1. The van der Waals surface area contributed by atoms with Crippen LogP contribution >= 0.6 is 0 Å². The van der Waals surface area contributed by atoms with Gasteiger partial charge < -0.3 is 19.5 Å². The second-order valence-corrected chi connectivity index (χ2v) is 10.2. The zero-order chi connectivity index (χ0) is 30.2. The van der Waals surface area contributed by atoms with Crippen molar-refractivity contribution < 1.29 is 23.8 Å². The molecule has 0 bridgehead atoms. The van der Waals surface area contributed by atoms with Gasteiger partial charge in [-0.15, -0.1) is 0 Å². The van der Waals surface area contributed by atoms with E-state index in [0.717, 1.165) is 28.1 Å². The number of rotatable bonds is 11. The summed E-state index contributed by atoms with van der Waals surface area (Å²) in [5.74, 6) is 1.89. The molecule has 0 spiro atoms. The van der Waals surface area contributed by atoms with Gasteiger partial charge in [-0.05, 0) is 86.4 Å². The minimum absolute atomic E-state index is 0.168. The fraction of sp³-hybridized carbons (Fsp3) is 0.222. The van der Waals surface area contributed by atoms with Crippen LogP contribution in [0.15, 0.2) is 96.8 Å². The van der Waals surface area contributed by atoms with Gasteiger partial charge in [-0.1, -0.05) is 60.2 Å². The number of carbonyl (C=O) groups is 2. The Hall–Kier alpha value is -5.04. The van der Waals surface area contributed by atoms with Gasteiger partial charge in [0, 0.05) is 12.1 Å². The summed E-state index contributed by atoms with van der Waals surface area (Å²) < 4.78 is 17.4. The van der Waals surface area contributed by atoms with Gasteiger partial charge >= 0.3 is 0 Å². The van der Waals surface area contributed by atoms with Crippen molar-refractivity contribution in [3.05, 3.63) is 125 Å². The molecule has 220 valence electrons. The highest BCUT2D eigenvalue weighted by Gasteiger charge is 2.30. The summed E-state index contributed by atoms with van der Waals surface area (Å²) in [6.45, 7) is 7.93. The molecule has 43 heavy (non-hydrogen) atoms. The molecule has 1 aliphatic rings. The fourth-order valence-electron chi connectivity index (χ4n) is 4.85. The number of hydrogen-bond acceptors (Lipinski definition) is 5. The normalized spacial score (nSPS) is 13.3. The van der Waals surface area contributed by atoms with Crippen molar-refractivity contribution >= 4 is 23.6 Å². The Labute approximate surface area is 252 Å². The largest absolute Gasteiger partial charge is 0.490 e. The number of ether oxygens (including phenoxy) is 3. The summed E-state index contributed by atoms with van der Waals surface area (Å²) in [7, 11) is 0. The number of anilines is 1. The van der Waals surface area contributed by atoms with Crippen molar-refractivity contribution in [2.24, 2.45) is 0 Å². The number of hydrogen-bond donors (Lipinski definition) is 1. The van der Waals surface area contributed by atoms with Crippen molar-refractivity contribution in [2.45, 2.75) is 33.7 Å². The lowest BCUT2D eigenvalue weighted by atomic mass is 10.1. The minimum atomic E-state index is -0.220. The number of aryl methyl sites for hydroxylation is 1. The number of benzene rings is 4. The first-order valence-electron chi connectivity index (χ1n) is 14.6. The third kappa shape index (κ3) is 7.25. The zero-order valence-corrected chi connectivity index (χ0v) is 24.8. The topological polar surface area (TPSA) is 77.1 Å². The van der Waals surface area contributed by atoms with Gasteiger partial charge in [0.1, 0.15) is 0 Å². The van der Waals surface area contributed by atoms with E-state index in [0.29, 0.717) is 49.8 Å². The molecule has 4 aromatic carbocycles. The van der Waals surface area contributed by atoms with Gasteiger partial charge in [-0.25, -0.2) is 0 Å². The van der Waals surface area contributed by atoms with E-state index in [-0.39, 0.29) is 17.6 Å². The second kappa shape index (κ2) is 13.7. The van der Waals surface area contributed by atoms with Crippen LogP contribution in [0.5, 0.6) is 17.2 Å². The molecular weight excluding hydrogens is 540 g/mol. The summed E-state index contributed by atoms with van der Waals surface area (Å²) in [6.07, 6.45) is 2.37. The van der Waals surface area contributed by atoms with Crippen LogP contribution in [0.25, 0.3) is 6.08 Å². The summed E-state index contributed by atoms with van der Waals surface area (Å²) in [4.78, 5) is 28.1. The Bertz CT molecular complexity index is 1610. The zero-order valence-electron chi connectivity index (χ0n) is 24.8. The molecule has 0 aromatic heterocycles. The van der Waals surface area contributed by atoms with Crippen molar-refractivity contribution in [2.75, 3.05) is 24.7 Å². The highest BCUT2D eigenvalue weighted by Crippen LogP contribution is 2.36. The van der Waals surface area contributed by atoms with Crippen LogP contribution in [0, 0.1) is 6.92 Å². The molecule has 0 saturated heterocycles. The smallest absolute Gasteiger partial charge is 0.294 e. The number of carbonyl (C=O) groups excluding carboxylic acids is 2. The van der Waals surface area contributed by atoms with Crippen molar-refractivity contribution in [1.29, 1.82) is 0 Å². The van der Waals surface area contributed by atoms with Crippen LogP contribution in [-0.4, -0.2) is 31.6 Å². The lowest BCUT2D eigenvalue weighted by Crippen LogP contribution is -2.36. The lowest BCUT2D eigenvalue weighted by Gasteiger charge is -2.30. The van der Waals surface area contributed by atoms with E-state index in [1.807, 2.05) is 99.6 Å². The third-order valence-electron chi connectivity index (χ3n) is 7.07. The van der Waals surface area contributed by atoms with E-state index in [9.17, 15) is 9.59 Å². The lowest BCUT2D eigenvalue weighted by molar-refractivity contribution is -0.117. The molecule has 0 unspecified atom stereocenters. The molecule has 0 radical (unpaired) electrons. The monoisotopic (exact) mass is 576 g/mol. The second-order valence-electron chi connectivity index (χ2n) is 10.2. The van der Waals surface area contributed by atoms with E-state index in [2.05, 4.69) is 5.32 Å². The molecule has 0 saturated carbocycles. The van der Waals surface area contributed by atoms with Crippen molar-refractivity contribution in [1.82, 2.24) is 5.32 Å². The van der Waals surface area contributed by atoms with Crippen LogP contribution in [0.3, 0.4) is 0 Å². The molecule has 4 aromatic rings. The SMILES string of the molecule is CCOc1ccc(CCNC(=O)c2ccc(C=C3Oc4ccccc4N(Cc4ccc(C)cc4)C3=O)cc2)cc1OCC. The molecule has 5 rings (SSSR count). The van der Waals surface area contributed by atoms with E-state index in [4.69, 9.17) is 14.2 Å². The van der Waals surface area contributed by atoms with Gasteiger partial charge in [0.25, 0.3) is 11.8 Å². The van der Waals surface area contributed by atoms with Crippen LogP contribution in [0.4, 0.5) is 5.69 Å². The van der Waals surface area contributed by atoms with Crippen LogP contribution in [0.1, 0.15) is 46.5 Å². The summed E-state index contributed by atoms with van der Waals surface area (Å²) in [5.41, 5.74) is 5.26. The first kappa shape index (κ1) is 29.5. The Balaban J connectivity index is 1.24. The molecule has 0 fully saturated rings. The predicted octanol–water partition coefficient (Wildman–Crippen LogP) is 6.73. The van der Waals surface area contributed by atoms with Crippen LogP contribution in [0.2, 0.25) is 0 Å². The maximum atomic E-state index is 13.5. The number of para-hydroxylation sites is 2. The maximum Gasteiger partial charge on any atom is 0.294 e. The molecule has 0 atom stereocenters. The fourth-order valence-corrected chi connectivity index (χ4v) is 4.85. The standard InChI is InChI=1S/C36H36N2O5/c1-4-41-32-19-16-27(22-33(32)42-5-2)20-21-37-35(39)29-17-14-26(15-18-29)23-34-36(40)38(24-28-12-10-25(3)11-13-28)30-8-6-7-9-31(30)43-34/h6-19,22-23H,4-5,20-21,24H2,1-3H3,(H,37,39). The Morgan fingerprint density at radius 3 is 2.30 bits per heavy atom. The van der Waals surface area contributed by atoms with E-state index < -0.39 is 0 Å². The van der Waals surface area contributed by atoms with Crippen molar-refractivity contribution in [3.8, 4) is 17.2 Å². The number of nitrogens with zero attached hydrogens (tertiary/aromatic N) is 1. The number of nitrogens with one attached hydrogen (secondary N) is 1. The third-order valence-corrected chi connectivity index (χ3v) is 7.07. The molecule has 7 heteroatoms. The average molecular weight is 577 g/mol. The minimum Gasteiger partial charge on any atom is -0.490 e. The molecule has 7 nitrogen and oxygen atoms in total. The van der Waals surface area contributed by atoms with E-state index in [1.54, 1.807) is 23.1 Å². The molecule has 1 N–H and O–H groups in total. The van der Waals surface area contributed by atoms with Crippen LogP contribution < -0.4 is 24.4 Å². The van der Waals surface area contributed by atoms with Gasteiger partial charge in [0.05, 0.1) is 25.4 Å². The highest BCUT2D eigenvalue weighted by atomic mass is 16.5. The average Bonchev–Trinajstić information content (AvgIpc) is 3.02. The highest BCUT2D eigenvalue weighted by molar-refractivity contribution is 6.09. The summed E-state index contributed by atoms with van der Waals surface area (Å²) >= 11 is 0. The molecule has 1 heterocycles. The van der Waals surface area contributed by atoms with Gasteiger partial charge in [0.2, 0.25) is 0 Å². The van der Waals surface area contributed by atoms with Crippen LogP contribution in [-0.2, 0) is 17.8 Å². The maximum absolute atomic E-state index is 13.5. The van der Waals surface area contributed by atoms with E-state index >= 15 is 0 Å². The summed E-state index contributed by atoms with van der Waals surface area (Å²) in [6, 6.07) is 28.6. The summed E-state index contributed by atoms with van der Waals surface area (Å²) in [5, 5.41) is 2.98. The Morgan fingerprint density at radius 2 is 1.56 bits per heavy atom. The quantitative estimate of drug-likeness (QED) is 0.200. The van der Waals surface area contributed by atoms with Gasteiger partial charge in [-0.2, -0.15) is 0 Å². The molecule has 0 aliphatic carbocycles. The molecule has 1 aliphatic heterocycles. The van der Waals surface area contributed by atoms with Gasteiger partial charge in [-0.3, -0.25) is 14.5 Å². The first-order chi connectivity index (χ1) is 20.9. The van der Waals surface area contributed by atoms with Crippen molar-refractivity contribution in [3.63, 3.8) is 0 Å². The van der Waals surface area contributed by atoms with Gasteiger partial charge in [0.15, 0.2) is 23.0 Å². The molecular formula is C36H36N2O5. The Morgan fingerprint density at radius 1 is 0.860 bits per heavy atom. The predicted molar refractivity (Wildman–Crippen MR) is 169 cm³/mol. The molecule has 2 amide bonds. The number of amides is 2. The first-order valence-corrected chi connectivity index (χ1v) is 14.6. The Kier molecular flexibility index (Phi) is 9.42.